The highest BCUT2D eigenvalue weighted by Gasteiger charge is 2.14. The fourth-order valence-corrected chi connectivity index (χ4v) is 1.78. The Kier molecular flexibility index (Phi) is 5.45. The summed E-state index contributed by atoms with van der Waals surface area (Å²) in [6.07, 6.45) is 1.49. The molecule has 2 N–H and O–H groups in total. The zero-order chi connectivity index (χ0) is 12.8. The highest BCUT2D eigenvalue weighted by Crippen LogP contribution is 2.16. The van der Waals surface area contributed by atoms with E-state index in [1.807, 2.05) is 32.0 Å². The molecule has 0 amide bonds. The van der Waals surface area contributed by atoms with Gasteiger partial charge in [0.05, 0.1) is 0 Å². The van der Waals surface area contributed by atoms with Crippen LogP contribution in [0.25, 0.3) is 0 Å². The second-order valence-electron chi connectivity index (χ2n) is 4.14. The van der Waals surface area contributed by atoms with E-state index in [1.54, 1.807) is 0 Å². The molecule has 0 aliphatic rings. The van der Waals surface area contributed by atoms with Crippen molar-refractivity contribution in [2.24, 2.45) is 0 Å². The number of carboxylic acid groups (broad SMARTS) is 1. The lowest BCUT2D eigenvalue weighted by molar-refractivity contribution is -0.139. The van der Waals surface area contributed by atoms with Gasteiger partial charge < -0.3 is 10.4 Å². The number of hydrogen-bond donors (Lipinski definition) is 2. The van der Waals surface area contributed by atoms with Crippen molar-refractivity contribution in [3.8, 4) is 0 Å². The molecule has 0 saturated heterocycles. The lowest BCUT2D eigenvalue weighted by Gasteiger charge is -2.13. The largest absolute Gasteiger partial charge is 0.480 e. The zero-order valence-electron chi connectivity index (χ0n) is 10.2. The van der Waals surface area contributed by atoms with Crippen molar-refractivity contribution in [3.63, 3.8) is 0 Å². The summed E-state index contributed by atoms with van der Waals surface area (Å²) < 4.78 is 0. The van der Waals surface area contributed by atoms with Gasteiger partial charge in [0.15, 0.2) is 0 Å². The molecule has 0 heterocycles. The third-order valence-electron chi connectivity index (χ3n) is 2.65. The number of rotatable bonds is 6. The van der Waals surface area contributed by atoms with E-state index in [0.29, 0.717) is 13.0 Å². The standard InChI is InChI=1S/C13H18ClNO2/c1-3-4-12(13(16)17)15-8-10-5-6-11(14)9(2)7-10/h5-7,12,15H,3-4,8H2,1-2H3,(H,16,17). The maximum absolute atomic E-state index is 10.9. The number of hydrogen-bond acceptors (Lipinski definition) is 2. The predicted molar refractivity (Wildman–Crippen MR) is 69.4 cm³/mol. The van der Waals surface area contributed by atoms with Crippen LogP contribution in [0.1, 0.15) is 30.9 Å². The summed E-state index contributed by atoms with van der Waals surface area (Å²) in [5.41, 5.74) is 2.06. The van der Waals surface area contributed by atoms with E-state index in [1.165, 1.54) is 0 Å². The van der Waals surface area contributed by atoms with E-state index in [-0.39, 0.29) is 0 Å². The van der Waals surface area contributed by atoms with Crippen LogP contribution in [0.15, 0.2) is 18.2 Å². The van der Waals surface area contributed by atoms with Gasteiger partial charge >= 0.3 is 5.97 Å². The molecule has 1 rings (SSSR count). The lowest BCUT2D eigenvalue weighted by atomic mass is 10.1. The summed E-state index contributed by atoms with van der Waals surface area (Å²) in [5, 5.41) is 12.8. The Hall–Kier alpha value is -1.06. The van der Waals surface area contributed by atoms with Gasteiger partial charge in [-0.15, -0.1) is 0 Å². The Labute approximate surface area is 107 Å². The molecule has 0 spiro atoms. The van der Waals surface area contributed by atoms with E-state index in [4.69, 9.17) is 16.7 Å². The molecule has 0 fully saturated rings. The molecule has 1 atom stereocenters. The van der Waals surface area contributed by atoms with Crippen LogP contribution in [0.5, 0.6) is 0 Å². The molecule has 94 valence electrons. The number of nitrogens with one attached hydrogen (secondary N) is 1. The number of halogens is 1. The number of carboxylic acids is 1. The average molecular weight is 256 g/mol. The predicted octanol–water partition coefficient (Wildman–Crippen LogP) is 2.99. The Morgan fingerprint density at radius 2 is 2.24 bits per heavy atom. The summed E-state index contributed by atoms with van der Waals surface area (Å²) in [5.74, 6) is -0.794. The number of aryl methyl sites for hydroxylation is 1. The summed E-state index contributed by atoms with van der Waals surface area (Å²) in [4.78, 5) is 10.9. The van der Waals surface area contributed by atoms with Crippen LogP contribution in [0.2, 0.25) is 5.02 Å². The minimum absolute atomic E-state index is 0.476. The quantitative estimate of drug-likeness (QED) is 0.822. The van der Waals surface area contributed by atoms with Gasteiger partial charge in [-0.2, -0.15) is 0 Å². The Bertz CT molecular complexity index is 393. The van der Waals surface area contributed by atoms with Crippen molar-refractivity contribution >= 4 is 17.6 Å². The molecular formula is C13H18ClNO2. The smallest absolute Gasteiger partial charge is 0.320 e. The van der Waals surface area contributed by atoms with Gasteiger partial charge in [0.25, 0.3) is 0 Å². The third-order valence-corrected chi connectivity index (χ3v) is 3.07. The molecule has 17 heavy (non-hydrogen) atoms. The van der Waals surface area contributed by atoms with Gasteiger partial charge in [-0.1, -0.05) is 37.1 Å². The molecule has 4 heteroatoms. The molecule has 0 radical (unpaired) electrons. The van der Waals surface area contributed by atoms with E-state index in [9.17, 15) is 4.79 Å². The normalized spacial score (nSPS) is 12.4. The molecule has 0 saturated carbocycles. The molecular weight excluding hydrogens is 238 g/mol. The minimum atomic E-state index is -0.794. The van der Waals surface area contributed by atoms with Crippen LogP contribution < -0.4 is 5.32 Å². The molecule has 0 aromatic heterocycles. The van der Waals surface area contributed by atoms with Crippen molar-refractivity contribution in [1.82, 2.24) is 5.32 Å². The summed E-state index contributed by atoms with van der Waals surface area (Å²) in [6.45, 7) is 4.46. The zero-order valence-corrected chi connectivity index (χ0v) is 10.9. The van der Waals surface area contributed by atoms with Crippen LogP contribution in [-0.4, -0.2) is 17.1 Å². The fourth-order valence-electron chi connectivity index (χ4n) is 1.66. The minimum Gasteiger partial charge on any atom is -0.480 e. The molecule has 1 unspecified atom stereocenters. The summed E-state index contributed by atoms with van der Waals surface area (Å²) in [6, 6.07) is 5.24. The van der Waals surface area contributed by atoms with E-state index < -0.39 is 12.0 Å². The molecule has 0 bridgehead atoms. The van der Waals surface area contributed by atoms with Crippen molar-refractivity contribution in [3.05, 3.63) is 34.3 Å². The summed E-state index contributed by atoms with van der Waals surface area (Å²) in [7, 11) is 0. The van der Waals surface area contributed by atoms with Gasteiger partial charge in [0, 0.05) is 11.6 Å². The SMILES string of the molecule is CCCC(NCc1ccc(Cl)c(C)c1)C(=O)O. The number of benzene rings is 1. The van der Waals surface area contributed by atoms with Gasteiger partial charge in [-0.25, -0.2) is 0 Å². The van der Waals surface area contributed by atoms with Crippen LogP contribution in [-0.2, 0) is 11.3 Å². The first-order valence-corrected chi connectivity index (χ1v) is 6.13. The van der Waals surface area contributed by atoms with Crippen molar-refractivity contribution in [2.75, 3.05) is 0 Å². The molecule has 3 nitrogen and oxygen atoms in total. The van der Waals surface area contributed by atoms with Crippen molar-refractivity contribution < 1.29 is 9.90 Å². The van der Waals surface area contributed by atoms with Crippen LogP contribution in [0.4, 0.5) is 0 Å². The lowest BCUT2D eigenvalue weighted by Crippen LogP contribution is -2.35. The fraction of sp³-hybridized carbons (Fsp3) is 0.462. The molecule has 0 aliphatic heterocycles. The number of aliphatic carboxylic acids is 1. The van der Waals surface area contributed by atoms with Crippen molar-refractivity contribution in [2.45, 2.75) is 39.3 Å². The second kappa shape index (κ2) is 6.62. The Morgan fingerprint density at radius 3 is 2.76 bits per heavy atom. The van der Waals surface area contributed by atoms with E-state index in [0.717, 1.165) is 22.6 Å². The van der Waals surface area contributed by atoms with Gasteiger partial charge in [-0.3, -0.25) is 4.79 Å². The van der Waals surface area contributed by atoms with Gasteiger partial charge in [0.2, 0.25) is 0 Å². The van der Waals surface area contributed by atoms with E-state index >= 15 is 0 Å². The first-order chi connectivity index (χ1) is 8.04. The first kappa shape index (κ1) is 14.0. The highest BCUT2D eigenvalue weighted by atomic mass is 35.5. The number of carbonyl (C=O) groups is 1. The van der Waals surface area contributed by atoms with Crippen LogP contribution in [0.3, 0.4) is 0 Å². The first-order valence-electron chi connectivity index (χ1n) is 5.75. The molecule has 1 aromatic rings. The van der Waals surface area contributed by atoms with Crippen molar-refractivity contribution in [1.29, 1.82) is 0 Å². The molecule has 0 aliphatic carbocycles. The van der Waals surface area contributed by atoms with E-state index in [2.05, 4.69) is 5.32 Å². The second-order valence-corrected chi connectivity index (χ2v) is 4.55. The maximum atomic E-state index is 10.9. The average Bonchev–Trinajstić information content (AvgIpc) is 2.28. The van der Waals surface area contributed by atoms with Crippen LogP contribution >= 0.6 is 11.6 Å². The molecule has 1 aromatic carbocycles. The maximum Gasteiger partial charge on any atom is 0.320 e. The van der Waals surface area contributed by atoms with Gasteiger partial charge in [0.1, 0.15) is 6.04 Å². The highest BCUT2D eigenvalue weighted by molar-refractivity contribution is 6.31. The Morgan fingerprint density at radius 1 is 1.53 bits per heavy atom. The van der Waals surface area contributed by atoms with Gasteiger partial charge in [-0.05, 0) is 30.5 Å². The monoisotopic (exact) mass is 255 g/mol. The summed E-state index contributed by atoms with van der Waals surface area (Å²) >= 11 is 5.93. The topological polar surface area (TPSA) is 49.3 Å². The van der Waals surface area contributed by atoms with Crippen LogP contribution in [0, 0.1) is 6.92 Å². The Balaban J connectivity index is 2.59. The third kappa shape index (κ3) is 4.36.